The third kappa shape index (κ3) is 4.71. The lowest BCUT2D eigenvalue weighted by Gasteiger charge is -2.32. The van der Waals surface area contributed by atoms with Crippen molar-refractivity contribution in [1.29, 1.82) is 0 Å². The lowest BCUT2D eigenvalue weighted by molar-refractivity contribution is -0.129. The highest BCUT2D eigenvalue weighted by atomic mass is 16.2. The average molecular weight is 344 g/mol. The number of hydrogen-bond acceptors (Lipinski definition) is 3. The van der Waals surface area contributed by atoms with Gasteiger partial charge in [0.1, 0.15) is 0 Å². The molecule has 0 aromatic carbocycles. The number of nitrogens with zero attached hydrogens (tertiary/aromatic N) is 2. The molecule has 1 aromatic heterocycles. The van der Waals surface area contributed by atoms with Gasteiger partial charge in [0, 0.05) is 38.4 Å². The number of nitrogens with one attached hydrogen (secondary N) is 2. The van der Waals surface area contributed by atoms with Crippen LogP contribution in [0, 0.1) is 5.92 Å². The molecule has 0 unspecified atom stereocenters. The summed E-state index contributed by atoms with van der Waals surface area (Å²) in [5, 5.41) is 6.28. The maximum atomic E-state index is 12.5. The van der Waals surface area contributed by atoms with Gasteiger partial charge in [0.05, 0.1) is 6.04 Å². The molecule has 1 aliphatic heterocycles. The third-order valence-corrected chi connectivity index (χ3v) is 5.48. The number of hydrogen-bond donors (Lipinski definition) is 2. The highest BCUT2D eigenvalue weighted by molar-refractivity contribution is 5.75. The second-order valence-electron chi connectivity index (χ2n) is 7.21. The van der Waals surface area contributed by atoms with Crippen molar-refractivity contribution < 1.29 is 9.59 Å². The van der Waals surface area contributed by atoms with Gasteiger partial charge < -0.3 is 15.5 Å². The number of urea groups is 1. The summed E-state index contributed by atoms with van der Waals surface area (Å²) in [5.41, 5.74) is 1.08. The fraction of sp³-hybridized carbons (Fsp3) is 0.632. The van der Waals surface area contributed by atoms with E-state index in [4.69, 9.17) is 0 Å². The Morgan fingerprint density at radius 2 is 1.92 bits per heavy atom. The van der Waals surface area contributed by atoms with Crippen molar-refractivity contribution in [2.24, 2.45) is 5.92 Å². The van der Waals surface area contributed by atoms with Gasteiger partial charge in [-0.1, -0.05) is 18.9 Å². The summed E-state index contributed by atoms with van der Waals surface area (Å²) in [6.07, 6.45) is 10.0. The molecule has 1 aliphatic carbocycles. The number of rotatable bonds is 4. The zero-order chi connectivity index (χ0) is 17.6. The van der Waals surface area contributed by atoms with Crippen molar-refractivity contribution in [1.82, 2.24) is 20.5 Å². The van der Waals surface area contributed by atoms with E-state index in [1.165, 1.54) is 12.8 Å². The molecular weight excluding hydrogens is 316 g/mol. The van der Waals surface area contributed by atoms with Crippen LogP contribution in [0.1, 0.15) is 57.1 Å². The Bertz CT molecular complexity index is 578. The standard InChI is InChI=1S/C19H28N4O2/c1-14(24)23-11-8-17(9-12-23)21-19(25)22-18(15-5-2-3-6-15)16-7-4-10-20-13-16/h4,7,10,13,15,17-18H,2-3,5-6,8-9,11-12H2,1H3,(H2,21,22,25)/t18-/m0/s1. The third-order valence-electron chi connectivity index (χ3n) is 5.48. The Morgan fingerprint density at radius 1 is 1.20 bits per heavy atom. The maximum absolute atomic E-state index is 12.5. The lowest BCUT2D eigenvalue weighted by Crippen LogP contribution is -2.49. The Hall–Kier alpha value is -2.11. The summed E-state index contributed by atoms with van der Waals surface area (Å²) >= 11 is 0. The highest BCUT2D eigenvalue weighted by Crippen LogP contribution is 2.35. The molecule has 2 fully saturated rings. The van der Waals surface area contributed by atoms with Crippen molar-refractivity contribution >= 4 is 11.9 Å². The van der Waals surface area contributed by atoms with Crippen LogP contribution >= 0.6 is 0 Å². The Labute approximate surface area is 149 Å². The maximum Gasteiger partial charge on any atom is 0.315 e. The number of pyridine rings is 1. The van der Waals surface area contributed by atoms with Crippen molar-refractivity contribution in [2.45, 2.75) is 57.5 Å². The number of carbonyl (C=O) groups excluding carboxylic acids is 2. The molecule has 0 bridgehead atoms. The van der Waals surface area contributed by atoms with E-state index >= 15 is 0 Å². The molecule has 3 amide bonds. The minimum atomic E-state index is -0.109. The van der Waals surface area contributed by atoms with E-state index in [0.717, 1.165) is 44.3 Å². The highest BCUT2D eigenvalue weighted by Gasteiger charge is 2.29. The monoisotopic (exact) mass is 344 g/mol. The summed E-state index contributed by atoms with van der Waals surface area (Å²) in [5.74, 6) is 0.593. The van der Waals surface area contributed by atoms with Crippen LogP contribution in [0.15, 0.2) is 24.5 Å². The summed E-state index contributed by atoms with van der Waals surface area (Å²) in [6, 6.07) is 4.01. The molecule has 6 heteroatoms. The number of likely N-dealkylation sites (tertiary alicyclic amines) is 1. The molecule has 25 heavy (non-hydrogen) atoms. The van der Waals surface area contributed by atoms with Crippen molar-refractivity contribution in [3.05, 3.63) is 30.1 Å². The molecule has 1 saturated carbocycles. The zero-order valence-corrected chi connectivity index (χ0v) is 14.9. The average Bonchev–Trinajstić information content (AvgIpc) is 3.15. The Balaban J connectivity index is 1.56. The van der Waals surface area contributed by atoms with Crippen LogP contribution in [-0.4, -0.2) is 41.0 Å². The second-order valence-corrected chi connectivity index (χ2v) is 7.21. The lowest BCUT2D eigenvalue weighted by atomic mass is 9.92. The fourth-order valence-electron chi connectivity index (χ4n) is 4.03. The summed E-state index contributed by atoms with van der Waals surface area (Å²) in [4.78, 5) is 30.0. The van der Waals surface area contributed by atoms with E-state index in [2.05, 4.69) is 15.6 Å². The van der Waals surface area contributed by atoms with Crippen molar-refractivity contribution in [3.8, 4) is 0 Å². The SMILES string of the molecule is CC(=O)N1CCC(NC(=O)N[C@H](c2cccnc2)C2CCCC2)CC1. The van der Waals surface area contributed by atoms with E-state index < -0.39 is 0 Å². The fourth-order valence-corrected chi connectivity index (χ4v) is 4.03. The molecule has 1 saturated heterocycles. The van der Waals surface area contributed by atoms with Gasteiger partial charge in [-0.15, -0.1) is 0 Å². The van der Waals surface area contributed by atoms with Crippen LogP contribution in [0.3, 0.4) is 0 Å². The van der Waals surface area contributed by atoms with Crippen LogP contribution in [0.5, 0.6) is 0 Å². The number of amides is 3. The molecule has 1 atom stereocenters. The minimum Gasteiger partial charge on any atom is -0.343 e. The van der Waals surface area contributed by atoms with E-state index in [9.17, 15) is 9.59 Å². The van der Waals surface area contributed by atoms with Gasteiger partial charge >= 0.3 is 6.03 Å². The van der Waals surface area contributed by atoms with E-state index in [-0.39, 0.29) is 24.0 Å². The molecule has 136 valence electrons. The van der Waals surface area contributed by atoms with E-state index in [1.807, 2.05) is 23.2 Å². The van der Waals surface area contributed by atoms with E-state index in [0.29, 0.717) is 5.92 Å². The molecular formula is C19H28N4O2. The van der Waals surface area contributed by atoms with E-state index in [1.54, 1.807) is 13.1 Å². The van der Waals surface area contributed by atoms with Crippen LogP contribution in [-0.2, 0) is 4.79 Å². The van der Waals surface area contributed by atoms with Gasteiger partial charge in [-0.25, -0.2) is 4.79 Å². The first-order valence-corrected chi connectivity index (χ1v) is 9.36. The Kier molecular flexibility index (Phi) is 5.89. The van der Waals surface area contributed by atoms with Crippen LogP contribution in [0.2, 0.25) is 0 Å². The van der Waals surface area contributed by atoms with Gasteiger partial charge in [-0.05, 0) is 43.2 Å². The van der Waals surface area contributed by atoms with Crippen molar-refractivity contribution in [3.63, 3.8) is 0 Å². The van der Waals surface area contributed by atoms with Crippen LogP contribution < -0.4 is 10.6 Å². The molecule has 2 N–H and O–H groups in total. The minimum absolute atomic E-state index is 0.0218. The normalized spacial score (nSPS) is 20.3. The molecule has 1 aromatic rings. The predicted octanol–water partition coefficient (Wildman–Crippen LogP) is 2.62. The summed E-state index contributed by atoms with van der Waals surface area (Å²) < 4.78 is 0. The summed E-state index contributed by atoms with van der Waals surface area (Å²) in [6.45, 7) is 3.03. The van der Waals surface area contributed by atoms with Crippen LogP contribution in [0.25, 0.3) is 0 Å². The van der Waals surface area contributed by atoms with Gasteiger partial charge in [0.25, 0.3) is 0 Å². The predicted molar refractivity (Wildman–Crippen MR) is 95.9 cm³/mol. The van der Waals surface area contributed by atoms with Gasteiger partial charge in [0.2, 0.25) is 5.91 Å². The van der Waals surface area contributed by atoms with Gasteiger partial charge in [-0.2, -0.15) is 0 Å². The van der Waals surface area contributed by atoms with Crippen molar-refractivity contribution in [2.75, 3.05) is 13.1 Å². The van der Waals surface area contributed by atoms with Crippen LogP contribution in [0.4, 0.5) is 4.79 Å². The van der Waals surface area contributed by atoms with Gasteiger partial charge in [-0.3, -0.25) is 9.78 Å². The first-order chi connectivity index (χ1) is 12.1. The topological polar surface area (TPSA) is 74.3 Å². The number of piperidine rings is 1. The first-order valence-electron chi connectivity index (χ1n) is 9.36. The largest absolute Gasteiger partial charge is 0.343 e. The second kappa shape index (κ2) is 8.32. The van der Waals surface area contributed by atoms with Gasteiger partial charge in [0.15, 0.2) is 0 Å². The number of aromatic nitrogens is 1. The molecule has 3 rings (SSSR count). The zero-order valence-electron chi connectivity index (χ0n) is 14.9. The Morgan fingerprint density at radius 3 is 2.52 bits per heavy atom. The first kappa shape index (κ1) is 17.7. The number of carbonyl (C=O) groups is 2. The molecule has 0 spiro atoms. The molecule has 0 radical (unpaired) electrons. The molecule has 2 aliphatic rings. The molecule has 6 nitrogen and oxygen atoms in total. The summed E-state index contributed by atoms with van der Waals surface area (Å²) in [7, 11) is 0. The quantitative estimate of drug-likeness (QED) is 0.882. The molecule has 2 heterocycles. The smallest absolute Gasteiger partial charge is 0.315 e.